The third kappa shape index (κ3) is 4.35. The van der Waals surface area contributed by atoms with Crippen LogP contribution in [0.4, 0.5) is 5.69 Å². The average molecular weight is 257 g/mol. The number of hydrogen-bond donors (Lipinski definition) is 2. The quantitative estimate of drug-likeness (QED) is 0.835. The topological polar surface area (TPSA) is 58.6 Å². The van der Waals surface area contributed by atoms with Gasteiger partial charge < -0.3 is 15.2 Å². The summed E-state index contributed by atoms with van der Waals surface area (Å²) in [7, 11) is 0. The second kappa shape index (κ2) is 6.44. The minimum atomic E-state index is -0.885. The maximum absolute atomic E-state index is 10.4. The van der Waals surface area contributed by atoms with E-state index in [2.05, 4.69) is 5.32 Å². The van der Waals surface area contributed by atoms with Crippen LogP contribution in [-0.2, 0) is 11.4 Å². The minimum absolute atomic E-state index is 0.0930. The Balaban J connectivity index is 1.86. The molecule has 19 heavy (non-hydrogen) atoms. The van der Waals surface area contributed by atoms with Crippen LogP contribution in [0.3, 0.4) is 0 Å². The predicted octanol–water partition coefficient (Wildman–Crippen LogP) is 2.76. The zero-order valence-electron chi connectivity index (χ0n) is 10.4. The number of anilines is 1. The van der Waals surface area contributed by atoms with Gasteiger partial charge in [-0.3, -0.25) is 4.79 Å². The third-order valence-corrected chi connectivity index (χ3v) is 2.55. The van der Waals surface area contributed by atoms with Crippen LogP contribution in [0.2, 0.25) is 0 Å². The lowest BCUT2D eigenvalue weighted by Gasteiger charge is -2.08. The number of carboxylic acid groups (broad SMARTS) is 1. The number of carbonyl (C=O) groups is 1. The van der Waals surface area contributed by atoms with Crippen molar-refractivity contribution in [2.24, 2.45) is 0 Å². The smallest absolute Gasteiger partial charge is 0.322 e. The average Bonchev–Trinajstić information content (AvgIpc) is 2.45. The molecule has 0 aliphatic carbocycles. The van der Waals surface area contributed by atoms with Crippen LogP contribution in [0.5, 0.6) is 5.75 Å². The fourth-order valence-corrected chi connectivity index (χ4v) is 1.59. The first-order valence-corrected chi connectivity index (χ1v) is 5.96. The summed E-state index contributed by atoms with van der Waals surface area (Å²) in [5, 5.41) is 11.3. The molecular weight excluding hydrogens is 242 g/mol. The minimum Gasteiger partial charge on any atom is -0.489 e. The summed E-state index contributed by atoms with van der Waals surface area (Å²) in [4.78, 5) is 10.4. The molecule has 98 valence electrons. The van der Waals surface area contributed by atoms with Gasteiger partial charge in [0.2, 0.25) is 0 Å². The molecule has 0 aliphatic rings. The SMILES string of the molecule is O=C(O)CNc1ccc(OCc2ccccc2)cc1. The van der Waals surface area contributed by atoms with Crippen LogP contribution in [0.15, 0.2) is 54.6 Å². The summed E-state index contributed by atoms with van der Waals surface area (Å²) in [5.41, 5.74) is 1.87. The Bertz CT molecular complexity index is 523. The van der Waals surface area contributed by atoms with Gasteiger partial charge in [-0.15, -0.1) is 0 Å². The Hall–Kier alpha value is -2.49. The summed E-state index contributed by atoms with van der Waals surface area (Å²) in [6, 6.07) is 17.1. The highest BCUT2D eigenvalue weighted by atomic mass is 16.5. The van der Waals surface area contributed by atoms with Crippen molar-refractivity contribution >= 4 is 11.7 Å². The van der Waals surface area contributed by atoms with E-state index in [-0.39, 0.29) is 6.54 Å². The molecular formula is C15H15NO3. The maximum atomic E-state index is 10.4. The molecule has 0 aromatic heterocycles. The van der Waals surface area contributed by atoms with E-state index in [9.17, 15) is 4.79 Å². The fraction of sp³-hybridized carbons (Fsp3) is 0.133. The van der Waals surface area contributed by atoms with Gasteiger partial charge >= 0.3 is 5.97 Å². The summed E-state index contributed by atoms with van der Waals surface area (Å²) in [6.45, 7) is 0.424. The normalized spacial score (nSPS) is 9.89. The largest absolute Gasteiger partial charge is 0.489 e. The van der Waals surface area contributed by atoms with Gasteiger partial charge in [0.25, 0.3) is 0 Å². The van der Waals surface area contributed by atoms with E-state index in [1.165, 1.54) is 0 Å². The van der Waals surface area contributed by atoms with E-state index in [0.29, 0.717) is 6.61 Å². The molecule has 0 atom stereocenters. The lowest BCUT2D eigenvalue weighted by molar-refractivity contribution is -0.134. The van der Waals surface area contributed by atoms with Crippen LogP contribution >= 0.6 is 0 Å². The van der Waals surface area contributed by atoms with Gasteiger partial charge in [-0.1, -0.05) is 30.3 Å². The van der Waals surface area contributed by atoms with Crippen LogP contribution < -0.4 is 10.1 Å². The number of benzene rings is 2. The zero-order chi connectivity index (χ0) is 13.5. The number of aliphatic carboxylic acids is 1. The molecule has 0 fully saturated rings. The van der Waals surface area contributed by atoms with E-state index >= 15 is 0 Å². The first kappa shape index (κ1) is 13.0. The van der Waals surface area contributed by atoms with Crippen LogP contribution in [0.1, 0.15) is 5.56 Å². The van der Waals surface area contributed by atoms with Gasteiger partial charge in [0.15, 0.2) is 0 Å². The molecule has 0 saturated carbocycles. The molecule has 2 aromatic carbocycles. The molecule has 0 radical (unpaired) electrons. The van der Waals surface area contributed by atoms with Gasteiger partial charge in [0.05, 0.1) is 0 Å². The molecule has 4 heteroatoms. The van der Waals surface area contributed by atoms with E-state index in [0.717, 1.165) is 17.0 Å². The number of ether oxygens (including phenoxy) is 1. The van der Waals surface area contributed by atoms with Crippen molar-refractivity contribution in [1.82, 2.24) is 0 Å². The van der Waals surface area contributed by atoms with Crippen LogP contribution in [-0.4, -0.2) is 17.6 Å². The van der Waals surface area contributed by atoms with Crippen molar-refractivity contribution in [2.75, 3.05) is 11.9 Å². The van der Waals surface area contributed by atoms with Crippen LogP contribution in [0, 0.1) is 0 Å². The van der Waals surface area contributed by atoms with E-state index < -0.39 is 5.97 Å². The molecule has 0 unspecified atom stereocenters. The highest BCUT2D eigenvalue weighted by Crippen LogP contribution is 2.16. The van der Waals surface area contributed by atoms with Gasteiger partial charge in [-0.25, -0.2) is 0 Å². The van der Waals surface area contributed by atoms with Crippen LogP contribution in [0.25, 0.3) is 0 Å². The highest BCUT2D eigenvalue weighted by molar-refractivity contribution is 5.72. The molecule has 0 saturated heterocycles. The maximum Gasteiger partial charge on any atom is 0.322 e. The fourth-order valence-electron chi connectivity index (χ4n) is 1.59. The second-order valence-corrected chi connectivity index (χ2v) is 4.05. The molecule has 0 bridgehead atoms. The predicted molar refractivity (Wildman–Crippen MR) is 73.3 cm³/mol. The Labute approximate surface area is 111 Å². The van der Waals surface area contributed by atoms with E-state index in [1.807, 2.05) is 42.5 Å². The van der Waals surface area contributed by atoms with Crippen molar-refractivity contribution in [3.8, 4) is 5.75 Å². The summed E-state index contributed by atoms with van der Waals surface area (Å²) in [6.07, 6.45) is 0. The standard InChI is InChI=1S/C15H15NO3/c17-15(18)10-16-13-6-8-14(9-7-13)19-11-12-4-2-1-3-5-12/h1-9,16H,10-11H2,(H,17,18). The van der Waals surface area contributed by atoms with Crippen molar-refractivity contribution in [1.29, 1.82) is 0 Å². The van der Waals surface area contributed by atoms with Gasteiger partial charge in [-0.2, -0.15) is 0 Å². The van der Waals surface area contributed by atoms with Gasteiger partial charge in [-0.05, 0) is 29.8 Å². The summed E-state index contributed by atoms with van der Waals surface area (Å²) < 4.78 is 5.63. The molecule has 0 heterocycles. The van der Waals surface area contributed by atoms with Crippen molar-refractivity contribution in [3.05, 3.63) is 60.2 Å². The molecule has 4 nitrogen and oxygen atoms in total. The second-order valence-electron chi connectivity index (χ2n) is 4.05. The van der Waals surface area contributed by atoms with Gasteiger partial charge in [0.1, 0.15) is 18.9 Å². The summed E-state index contributed by atoms with van der Waals surface area (Å²) >= 11 is 0. The molecule has 0 aliphatic heterocycles. The number of carboxylic acids is 1. The zero-order valence-corrected chi connectivity index (χ0v) is 10.4. The lowest BCUT2D eigenvalue weighted by atomic mass is 10.2. The molecule has 2 aromatic rings. The van der Waals surface area contributed by atoms with E-state index in [1.54, 1.807) is 12.1 Å². The Morgan fingerprint density at radius 1 is 1.05 bits per heavy atom. The first-order chi connectivity index (χ1) is 9.24. The summed E-state index contributed by atoms with van der Waals surface area (Å²) in [5.74, 6) is -0.130. The number of hydrogen-bond acceptors (Lipinski definition) is 3. The monoisotopic (exact) mass is 257 g/mol. The first-order valence-electron chi connectivity index (χ1n) is 5.96. The third-order valence-electron chi connectivity index (χ3n) is 2.55. The Kier molecular flexibility index (Phi) is 4.39. The molecule has 2 rings (SSSR count). The molecule has 0 amide bonds. The van der Waals surface area contributed by atoms with Crippen molar-refractivity contribution in [2.45, 2.75) is 6.61 Å². The highest BCUT2D eigenvalue weighted by Gasteiger charge is 1.98. The van der Waals surface area contributed by atoms with Crippen molar-refractivity contribution in [3.63, 3.8) is 0 Å². The van der Waals surface area contributed by atoms with Gasteiger partial charge in [0, 0.05) is 5.69 Å². The van der Waals surface area contributed by atoms with E-state index in [4.69, 9.17) is 9.84 Å². The Morgan fingerprint density at radius 3 is 2.37 bits per heavy atom. The number of nitrogens with one attached hydrogen (secondary N) is 1. The molecule has 0 spiro atoms. The molecule has 2 N–H and O–H groups in total. The lowest BCUT2D eigenvalue weighted by Crippen LogP contribution is -2.12. The number of rotatable bonds is 6. The Morgan fingerprint density at radius 2 is 1.74 bits per heavy atom. The van der Waals surface area contributed by atoms with Crippen molar-refractivity contribution < 1.29 is 14.6 Å².